The number of halogens is 6. The molecule has 0 saturated heterocycles. The summed E-state index contributed by atoms with van der Waals surface area (Å²) < 4.78 is -2.80. The van der Waals surface area contributed by atoms with E-state index in [1.54, 1.807) is 0 Å². The Hall–Kier alpha value is 1.61. The number of hydrogen-bond acceptors (Lipinski definition) is 0. The number of alkyl halides is 6. The molecule has 2 aliphatic rings. The molecule has 2 unspecified atom stereocenters. The first-order valence-corrected chi connectivity index (χ1v) is 6.94. The van der Waals surface area contributed by atoms with E-state index < -0.39 is 13.0 Å². The van der Waals surface area contributed by atoms with Crippen LogP contribution in [0.3, 0.4) is 0 Å². The number of hydrogen-bond donors (Lipinski definition) is 0. The van der Waals surface area contributed by atoms with Crippen LogP contribution in [0.1, 0.15) is 25.7 Å². The van der Waals surface area contributed by atoms with Crippen LogP contribution >= 0.6 is 69.6 Å². The molecule has 0 aromatic rings. The zero-order chi connectivity index (χ0) is 11.5. The fourth-order valence-corrected chi connectivity index (χ4v) is 4.53. The Balaban J connectivity index is 2.36. The lowest BCUT2D eigenvalue weighted by Gasteiger charge is -2.34. The Labute approximate surface area is 119 Å². The lowest BCUT2D eigenvalue weighted by Crippen LogP contribution is -2.42. The minimum atomic E-state index is -1.42. The van der Waals surface area contributed by atoms with Gasteiger partial charge in [0.2, 0.25) is 3.79 Å². The molecule has 2 atom stereocenters. The summed E-state index contributed by atoms with van der Waals surface area (Å²) in [4.78, 5) is 0. The molecule has 2 aliphatic carbocycles. The third-order valence-electron chi connectivity index (χ3n) is 3.57. The Morgan fingerprint density at radius 1 is 1.07 bits per heavy atom. The molecule has 0 radical (unpaired) electrons. The molecule has 86 valence electrons. The molecule has 15 heavy (non-hydrogen) atoms. The van der Waals surface area contributed by atoms with Crippen LogP contribution in [0.4, 0.5) is 0 Å². The van der Waals surface area contributed by atoms with Crippen LogP contribution in [0.25, 0.3) is 0 Å². The first kappa shape index (κ1) is 13.1. The monoisotopic (exact) mass is 327 g/mol. The summed E-state index contributed by atoms with van der Waals surface area (Å²) in [7, 11) is 0. The Morgan fingerprint density at radius 2 is 1.67 bits per heavy atom. The van der Waals surface area contributed by atoms with Gasteiger partial charge in [-0.25, -0.2) is 0 Å². The fourth-order valence-electron chi connectivity index (χ4n) is 2.90. The summed E-state index contributed by atoms with van der Waals surface area (Å²) in [5.74, 6) is 1.28. The molecule has 2 bridgehead atoms. The van der Waals surface area contributed by atoms with Crippen LogP contribution in [0.2, 0.25) is 0 Å². The van der Waals surface area contributed by atoms with Gasteiger partial charge in [0.05, 0.1) is 6.42 Å². The zero-order valence-corrected chi connectivity index (χ0v) is 12.2. The maximum atomic E-state index is 6.06. The van der Waals surface area contributed by atoms with Crippen LogP contribution in [-0.4, -0.2) is 7.59 Å². The van der Waals surface area contributed by atoms with Gasteiger partial charge in [0, 0.05) is 12.3 Å². The topological polar surface area (TPSA) is 0 Å². The molecule has 0 heterocycles. The molecule has 2 rings (SSSR count). The second-order valence-electron chi connectivity index (χ2n) is 4.37. The highest BCUT2D eigenvalue weighted by atomic mass is 35.6. The van der Waals surface area contributed by atoms with Crippen LogP contribution in [0.15, 0.2) is 0 Å². The van der Waals surface area contributed by atoms with Gasteiger partial charge in [0.1, 0.15) is 0 Å². The second-order valence-corrected chi connectivity index (χ2v) is 8.93. The molecular weight excluding hydrogens is 321 g/mol. The molecule has 0 nitrogen and oxygen atoms in total. The van der Waals surface area contributed by atoms with Gasteiger partial charge in [-0.05, 0) is 47.6 Å². The maximum absolute atomic E-state index is 6.06. The molecule has 6 heteroatoms. The van der Waals surface area contributed by atoms with Gasteiger partial charge < -0.3 is 0 Å². The summed E-state index contributed by atoms with van der Waals surface area (Å²) >= 11 is 36.0. The van der Waals surface area contributed by atoms with Crippen molar-refractivity contribution in [1.82, 2.24) is 0 Å². The number of fused-ring (bicyclic) bond motifs is 2. The largest absolute Gasteiger partial charge is 0.334 e. The van der Waals surface area contributed by atoms with E-state index in [1.807, 2.05) is 0 Å². The Morgan fingerprint density at radius 3 is 2.00 bits per heavy atom. The van der Waals surface area contributed by atoms with Gasteiger partial charge in [-0.1, -0.05) is 34.8 Å². The predicted octanol–water partition coefficient (Wildman–Crippen LogP) is 5.49. The van der Waals surface area contributed by atoms with Gasteiger partial charge in [0.25, 0.3) is 0 Å². The van der Waals surface area contributed by atoms with Crippen molar-refractivity contribution in [3.63, 3.8) is 0 Å². The zero-order valence-electron chi connectivity index (χ0n) is 7.67. The van der Waals surface area contributed by atoms with Crippen molar-refractivity contribution in [3.05, 3.63) is 5.92 Å². The van der Waals surface area contributed by atoms with Crippen molar-refractivity contribution in [2.75, 3.05) is 0 Å². The summed E-state index contributed by atoms with van der Waals surface area (Å²) in [6.07, 6.45) is 3.45. The summed E-state index contributed by atoms with van der Waals surface area (Å²) in [6, 6.07) is 0. The third kappa shape index (κ3) is 2.04. The second kappa shape index (κ2) is 3.80. The molecule has 0 aromatic carbocycles. The lowest BCUT2D eigenvalue weighted by molar-refractivity contribution is 0.329. The van der Waals surface area contributed by atoms with Crippen LogP contribution in [-0.2, 0) is 0 Å². The first-order valence-electron chi connectivity index (χ1n) is 4.67. The molecule has 0 spiro atoms. The van der Waals surface area contributed by atoms with Crippen molar-refractivity contribution in [2.24, 2.45) is 11.3 Å². The smallest absolute Gasteiger partial charge is 0.0782 e. The summed E-state index contributed by atoms with van der Waals surface area (Å²) in [6.45, 7) is 0. The van der Waals surface area contributed by atoms with Crippen LogP contribution in [0, 0.1) is 17.3 Å². The van der Waals surface area contributed by atoms with Crippen molar-refractivity contribution < 1.29 is 0 Å². The molecule has 0 aromatic heterocycles. The van der Waals surface area contributed by atoms with Crippen LogP contribution in [0.5, 0.6) is 0 Å². The molecule has 2 saturated carbocycles. The van der Waals surface area contributed by atoms with E-state index in [0.717, 1.165) is 31.6 Å². The van der Waals surface area contributed by atoms with Crippen molar-refractivity contribution >= 4 is 69.6 Å². The van der Waals surface area contributed by atoms with E-state index in [1.165, 1.54) is 0 Å². The van der Waals surface area contributed by atoms with E-state index in [9.17, 15) is 0 Å². The van der Waals surface area contributed by atoms with Gasteiger partial charge in [-0.15, -0.1) is 0 Å². The van der Waals surface area contributed by atoms with Crippen LogP contribution < -0.4 is 0 Å². The average Bonchev–Trinajstić information content (AvgIpc) is 2.57. The standard InChI is InChI=1S/C9H9Cl6/c10-8(11,12)6-3-5-1-2-7(6,4-5)9(13,14)15/h5H,1-4H2/q+1. The summed E-state index contributed by atoms with van der Waals surface area (Å²) in [5.41, 5.74) is -0.534. The van der Waals surface area contributed by atoms with E-state index in [-0.39, 0.29) is 0 Å². The highest BCUT2D eigenvalue weighted by Gasteiger charge is 2.75. The molecule has 0 amide bonds. The lowest BCUT2D eigenvalue weighted by atomic mass is 9.76. The summed E-state index contributed by atoms with van der Waals surface area (Å²) in [5, 5.41) is 0. The van der Waals surface area contributed by atoms with E-state index in [0.29, 0.717) is 5.92 Å². The van der Waals surface area contributed by atoms with Crippen molar-refractivity contribution in [1.29, 1.82) is 0 Å². The third-order valence-corrected chi connectivity index (χ3v) is 5.34. The maximum Gasteiger partial charge on any atom is 0.334 e. The van der Waals surface area contributed by atoms with E-state index >= 15 is 0 Å². The molecule has 2 fully saturated rings. The highest BCUT2D eigenvalue weighted by Crippen LogP contribution is 2.72. The Kier molecular flexibility index (Phi) is 3.31. The van der Waals surface area contributed by atoms with E-state index in [2.05, 4.69) is 0 Å². The average molecular weight is 330 g/mol. The first-order chi connectivity index (χ1) is 6.67. The molecule has 0 aliphatic heterocycles. The van der Waals surface area contributed by atoms with E-state index in [4.69, 9.17) is 69.6 Å². The Bertz CT molecular complexity index is 265. The van der Waals surface area contributed by atoms with Crippen molar-refractivity contribution in [3.8, 4) is 0 Å². The molecular formula is C9H9Cl6+. The van der Waals surface area contributed by atoms with Gasteiger partial charge >= 0.3 is 3.79 Å². The van der Waals surface area contributed by atoms with Gasteiger partial charge in [-0.2, -0.15) is 0 Å². The van der Waals surface area contributed by atoms with Crippen molar-refractivity contribution in [2.45, 2.75) is 33.3 Å². The number of rotatable bonds is 0. The highest BCUT2D eigenvalue weighted by molar-refractivity contribution is 6.70. The predicted molar refractivity (Wildman–Crippen MR) is 68.2 cm³/mol. The quantitative estimate of drug-likeness (QED) is 0.407. The van der Waals surface area contributed by atoms with Gasteiger partial charge in [0.15, 0.2) is 11.3 Å². The SMILES string of the molecule is ClC(Cl)(Cl)[C+]1CC2CCC1(C(Cl)(Cl)Cl)C2. The minimum Gasteiger partial charge on any atom is -0.0782 e. The fraction of sp³-hybridized carbons (Fsp3) is 0.889. The minimum absolute atomic E-state index is 0.506. The normalized spacial score (nSPS) is 36.4. The molecule has 0 N–H and O–H groups in total. The van der Waals surface area contributed by atoms with Gasteiger partial charge in [-0.3, -0.25) is 0 Å².